The van der Waals surface area contributed by atoms with Crippen LogP contribution in [0.5, 0.6) is 5.75 Å². The molecular weight excluding hydrogens is 242 g/mol. The maximum atomic E-state index is 11.5. The predicted octanol–water partition coefficient (Wildman–Crippen LogP) is 1.54. The minimum atomic E-state index is -2.48. The first-order chi connectivity index (χ1) is 7.81. The largest absolute Gasteiger partial charge is 0.495 e. The molecule has 0 aliphatic carbocycles. The summed E-state index contributed by atoms with van der Waals surface area (Å²) in [7, 11) is -1.01. The quantitative estimate of drug-likeness (QED) is 0.786. The van der Waals surface area contributed by atoms with E-state index in [1.54, 1.807) is 18.2 Å². The summed E-state index contributed by atoms with van der Waals surface area (Å²) in [6.07, 6.45) is 2.76. The van der Waals surface area contributed by atoms with Crippen molar-refractivity contribution in [3.63, 3.8) is 0 Å². The molecular formula is C10H15N3O3S. The molecule has 0 saturated carbocycles. The van der Waals surface area contributed by atoms with Crippen LogP contribution >= 0.6 is 0 Å². The fourth-order valence-electron chi connectivity index (χ4n) is 1.16. The molecule has 0 saturated heterocycles. The number of anilines is 2. The van der Waals surface area contributed by atoms with Crippen molar-refractivity contribution in [1.82, 2.24) is 0 Å². The molecule has 0 aliphatic rings. The summed E-state index contributed by atoms with van der Waals surface area (Å²) >= 11 is 0. The van der Waals surface area contributed by atoms with Gasteiger partial charge in [-0.1, -0.05) is 0 Å². The van der Waals surface area contributed by atoms with Gasteiger partial charge in [0, 0.05) is 18.2 Å². The van der Waals surface area contributed by atoms with Crippen molar-refractivity contribution < 1.29 is 13.7 Å². The number of ether oxygens (including phenoxy) is 1. The third-order valence-corrected chi connectivity index (χ3v) is 2.37. The maximum absolute atomic E-state index is 11.5. The van der Waals surface area contributed by atoms with Crippen LogP contribution in [0.4, 0.5) is 16.2 Å². The van der Waals surface area contributed by atoms with Gasteiger partial charge in [-0.25, -0.2) is 9.00 Å². The average Bonchev–Trinajstić information content (AvgIpc) is 2.14. The van der Waals surface area contributed by atoms with Crippen molar-refractivity contribution in [2.45, 2.75) is 0 Å². The summed E-state index contributed by atoms with van der Waals surface area (Å²) in [6, 6.07) is 4.12. The topological polar surface area (TPSA) is 93.8 Å². The summed E-state index contributed by atoms with van der Waals surface area (Å²) < 4.78 is 19.9. The molecule has 1 aromatic rings. The van der Waals surface area contributed by atoms with Crippen molar-refractivity contribution in [1.29, 1.82) is 0 Å². The number of hydrogen-bond donors (Lipinski definition) is 2. The number of carbonyl (C=O) groups excluding carboxylic acids is 1. The first-order valence-electron chi connectivity index (χ1n) is 4.73. The Morgan fingerprint density at radius 3 is 2.65 bits per heavy atom. The molecule has 6 nitrogen and oxygen atoms in total. The van der Waals surface area contributed by atoms with Crippen molar-refractivity contribution in [2.24, 2.45) is 4.36 Å². The van der Waals surface area contributed by atoms with Gasteiger partial charge in [-0.3, -0.25) is 0 Å². The predicted molar refractivity (Wildman–Crippen MR) is 68.8 cm³/mol. The first kappa shape index (κ1) is 13.3. The van der Waals surface area contributed by atoms with Gasteiger partial charge in [-0.15, -0.1) is 4.36 Å². The van der Waals surface area contributed by atoms with Crippen LogP contribution < -0.4 is 15.8 Å². The fourth-order valence-corrected chi connectivity index (χ4v) is 1.61. The number of nitrogens with two attached hydrogens (primary N) is 1. The van der Waals surface area contributed by atoms with Gasteiger partial charge in [0.15, 0.2) is 0 Å². The van der Waals surface area contributed by atoms with Crippen molar-refractivity contribution in [3.05, 3.63) is 18.2 Å². The van der Waals surface area contributed by atoms with Crippen LogP contribution in [0, 0.1) is 0 Å². The van der Waals surface area contributed by atoms with Crippen LogP contribution in [0.1, 0.15) is 0 Å². The molecule has 0 aliphatic heterocycles. The molecule has 3 N–H and O–H groups in total. The van der Waals surface area contributed by atoms with E-state index in [-0.39, 0.29) is 0 Å². The molecule has 17 heavy (non-hydrogen) atoms. The summed E-state index contributed by atoms with van der Waals surface area (Å²) in [4.78, 5) is 11.5. The molecule has 94 valence electrons. The number of nitrogen functional groups attached to an aromatic ring is 1. The van der Waals surface area contributed by atoms with Gasteiger partial charge in [-0.05, 0) is 18.2 Å². The lowest BCUT2D eigenvalue weighted by molar-refractivity contribution is 0.260. The second-order valence-electron chi connectivity index (χ2n) is 3.66. The average molecular weight is 257 g/mol. The van der Waals surface area contributed by atoms with Gasteiger partial charge >= 0.3 is 6.03 Å². The van der Waals surface area contributed by atoms with E-state index in [0.29, 0.717) is 17.1 Å². The smallest absolute Gasteiger partial charge is 0.353 e. The van der Waals surface area contributed by atoms with Crippen LogP contribution in [0.2, 0.25) is 0 Å². The second-order valence-corrected chi connectivity index (χ2v) is 6.21. The number of rotatable bonds is 2. The minimum absolute atomic E-state index is 0.393. The van der Waals surface area contributed by atoms with E-state index in [1.165, 1.54) is 19.6 Å². The molecule has 0 spiro atoms. The Labute approximate surface area is 100 Å². The van der Waals surface area contributed by atoms with Gasteiger partial charge in [-0.2, -0.15) is 0 Å². The first-order valence-corrected chi connectivity index (χ1v) is 7.06. The minimum Gasteiger partial charge on any atom is -0.495 e. The molecule has 0 aromatic heterocycles. The molecule has 2 amide bonds. The van der Waals surface area contributed by atoms with E-state index < -0.39 is 15.8 Å². The number of carbonyl (C=O) groups is 1. The highest BCUT2D eigenvalue weighted by atomic mass is 32.2. The maximum Gasteiger partial charge on any atom is 0.353 e. The lowest BCUT2D eigenvalue weighted by Gasteiger charge is -2.09. The van der Waals surface area contributed by atoms with Gasteiger partial charge < -0.3 is 15.8 Å². The Balaban J connectivity index is 2.99. The number of urea groups is 1. The van der Waals surface area contributed by atoms with Crippen molar-refractivity contribution >= 4 is 27.1 Å². The van der Waals surface area contributed by atoms with Gasteiger partial charge in [0.2, 0.25) is 0 Å². The Morgan fingerprint density at radius 2 is 2.12 bits per heavy atom. The highest BCUT2D eigenvalue weighted by Gasteiger charge is 2.08. The molecule has 0 unspecified atom stereocenters. The van der Waals surface area contributed by atoms with E-state index in [0.717, 1.165) is 0 Å². The summed E-state index contributed by atoms with van der Waals surface area (Å²) in [5.41, 5.74) is 6.47. The Bertz CT molecular complexity index is 540. The Hall–Kier alpha value is -1.76. The number of methoxy groups -OCH3 is 1. The molecule has 0 heterocycles. The Kier molecular flexibility index (Phi) is 3.95. The molecule has 0 fully saturated rings. The fraction of sp³-hybridized carbons (Fsp3) is 0.300. The van der Waals surface area contributed by atoms with E-state index in [4.69, 9.17) is 10.5 Å². The molecule has 1 aromatic carbocycles. The zero-order chi connectivity index (χ0) is 13.1. The normalized spacial score (nSPS) is 10.8. The molecule has 0 bridgehead atoms. The number of amides is 2. The molecule has 1 rings (SSSR count). The lowest BCUT2D eigenvalue weighted by Crippen LogP contribution is -2.10. The summed E-state index contributed by atoms with van der Waals surface area (Å²) in [5.74, 6) is 0.460. The van der Waals surface area contributed by atoms with Crippen LogP contribution in [-0.4, -0.2) is 29.9 Å². The van der Waals surface area contributed by atoms with E-state index in [1.807, 2.05) is 0 Å². The lowest BCUT2D eigenvalue weighted by atomic mass is 10.2. The van der Waals surface area contributed by atoms with Crippen LogP contribution in [0.15, 0.2) is 22.6 Å². The van der Waals surface area contributed by atoms with Gasteiger partial charge in [0.05, 0.1) is 22.5 Å². The Morgan fingerprint density at radius 1 is 1.47 bits per heavy atom. The van der Waals surface area contributed by atoms with Gasteiger partial charge in [0.25, 0.3) is 0 Å². The highest BCUT2D eigenvalue weighted by Crippen LogP contribution is 2.26. The summed E-state index contributed by atoms with van der Waals surface area (Å²) in [6.45, 7) is 0. The van der Waals surface area contributed by atoms with E-state index in [9.17, 15) is 9.00 Å². The van der Waals surface area contributed by atoms with E-state index in [2.05, 4.69) is 9.68 Å². The SMILES string of the molecule is COc1ccc(N)cc1NC(=O)N=S(C)(C)=O. The third-order valence-electron chi connectivity index (χ3n) is 1.77. The van der Waals surface area contributed by atoms with Gasteiger partial charge in [0.1, 0.15) is 5.75 Å². The number of hydrogen-bond acceptors (Lipinski definition) is 4. The van der Waals surface area contributed by atoms with Crippen molar-refractivity contribution in [2.75, 3.05) is 30.7 Å². The monoisotopic (exact) mass is 257 g/mol. The van der Waals surface area contributed by atoms with Crippen LogP contribution in [0.25, 0.3) is 0 Å². The zero-order valence-corrected chi connectivity index (χ0v) is 10.7. The third kappa shape index (κ3) is 4.31. The zero-order valence-electron chi connectivity index (χ0n) is 9.89. The highest BCUT2D eigenvalue weighted by molar-refractivity contribution is 7.92. The van der Waals surface area contributed by atoms with E-state index >= 15 is 0 Å². The van der Waals surface area contributed by atoms with Crippen molar-refractivity contribution in [3.8, 4) is 5.75 Å². The standard InChI is InChI=1S/C10H15N3O3S/c1-16-9-5-4-7(11)6-8(9)12-10(14)13-17(2,3)15/h4-6H,11H2,1-3H3,(H,12,14). The molecule has 0 atom stereocenters. The number of benzene rings is 1. The van der Waals surface area contributed by atoms with Crippen LogP contribution in [-0.2, 0) is 9.73 Å². The number of nitrogens with zero attached hydrogens (tertiary/aromatic N) is 1. The second kappa shape index (κ2) is 5.05. The number of nitrogens with one attached hydrogen (secondary N) is 1. The van der Waals surface area contributed by atoms with Crippen LogP contribution in [0.3, 0.4) is 0 Å². The molecule has 0 radical (unpaired) electrons. The summed E-state index contributed by atoms with van der Waals surface area (Å²) in [5, 5.41) is 2.47. The molecule has 7 heteroatoms.